The van der Waals surface area contributed by atoms with Gasteiger partial charge in [0.15, 0.2) is 0 Å². The minimum atomic E-state index is -0.719. The molecule has 0 saturated heterocycles. The van der Waals surface area contributed by atoms with Gasteiger partial charge in [0.05, 0.1) is 11.5 Å². The molecule has 3 nitrogen and oxygen atoms in total. The van der Waals surface area contributed by atoms with Crippen LogP contribution >= 0.6 is 0 Å². The van der Waals surface area contributed by atoms with Gasteiger partial charge in [-0.3, -0.25) is 4.21 Å². The fourth-order valence-corrected chi connectivity index (χ4v) is 1.23. The smallest absolute Gasteiger partial charge is 0.0684 e. The molecule has 0 aliphatic rings. The Labute approximate surface area is 83.0 Å². The van der Waals surface area contributed by atoms with Gasteiger partial charge in [-0.25, -0.2) is 0 Å². The summed E-state index contributed by atoms with van der Waals surface area (Å²) < 4.78 is 10.7. The number of hydrogen-bond acceptors (Lipinski definition) is 3. The molecule has 76 valence electrons. The van der Waals surface area contributed by atoms with Gasteiger partial charge < -0.3 is 5.32 Å². The summed E-state index contributed by atoms with van der Waals surface area (Å²) in [4.78, 5) is 0. The molecule has 0 saturated carbocycles. The molecule has 0 heterocycles. The van der Waals surface area contributed by atoms with Crippen molar-refractivity contribution in [3.63, 3.8) is 0 Å². The van der Waals surface area contributed by atoms with Crippen LogP contribution in [0, 0.1) is 16.7 Å². The highest BCUT2D eigenvalue weighted by Crippen LogP contribution is 2.16. The molecule has 1 atom stereocenters. The molecule has 1 N–H and O–H groups in total. The summed E-state index contributed by atoms with van der Waals surface area (Å²) in [5.74, 6) is 0.687. The van der Waals surface area contributed by atoms with E-state index < -0.39 is 10.8 Å². The second-order valence-corrected chi connectivity index (χ2v) is 5.33. The molecule has 0 aromatic heterocycles. The first-order valence-electron chi connectivity index (χ1n) is 4.40. The van der Waals surface area contributed by atoms with Gasteiger partial charge in [-0.1, -0.05) is 0 Å². The van der Waals surface area contributed by atoms with Gasteiger partial charge in [0.1, 0.15) is 0 Å². The van der Waals surface area contributed by atoms with Crippen molar-refractivity contribution in [2.45, 2.75) is 20.3 Å². The first kappa shape index (κ1) is 12.6. The van der Waals surface area contributed by atoms with E-state index in [0.29, 0.717) is 5.75 Å². The molecule has 0 fully saturated rings. The Morgan fingerprint density at radius 1 is 1.46 bits per heavy atom. The fraction of sp³-hybridized carbons (Fsp3) is 0.889. The van der Waals surface area contributed by atoms with E-state index in [1.807, 2.05) is 13.8 Å². The minimum Gasteiger partial charge on any atom is -0.316 e. The molecule has 1 unspecified atom stereocenters. The lowest BCUT2D eigenvalue weighted by molar-refractivity contribution is 0.436. The number of hydrogen-bond donors (Lipinski definition) is 1. The molecule has 0 aliphatic heterocycles. The highest BCUT2D eigenvalue weighted by atomic mass is 32.2. The van der Waals surface area contributed by atoms with Gasteiger partial charge in [-0.2, -0.15) is 5.26 Å². The molecular formula is C9H18N2OS. The molecule has 4 heteroatoms. The standard InChI is InChI=1S/C9H18N2OS/c1-9(2,8-10)4-5-11-6-7-13(3)12/h11H,4-7H2,1-3H3. The van der Waals surface area contributed by atoms with Crippen LogP contribution in [0.25, 0.3) is 0 Å². The topological polar surface area (TPSA) is 52.9 Å². The second-order valence-electron chi connectivity index (χ2n) is 3.77. The lowest BCUT2D eigenvalue weighted by Gasteiger charge is -2.14. The molecule has 0 spiro atoms. The maximum Gasteiger partial charge on any atom is 0.0684 e. The predicted molar refractivity (Wildman–Crippen MR) is 55.8 cm³/mol. The van der Waals surface area contributed by atoms with Crippen LogP contribution in [0.3, 0.4) is 0 Å². The van der Waals surface area contributed by atoms with Crippen LogP contribution in [-0.4, -0.2) is 29.3 Å². The third-order valence-corrected chi connectivity index (χ3v) is 2.57. The Hall–Kier alpha value is -0.400. The zero-order chi connectivity index (χ0) is 10.3. The van der Waals surface area contributed by atoms with E-state index in [9.17, 15) is 4.21 Å². The summed E-state index contributed by atoms with van der Waals surface area (Å²) >= 11 is 0. The molecule has 0 amide bonds. The van der Waals surface area contributed by atoms with E-state index >= 15 is 0 Å². The summed E-state index contributed by atoms with van der Waals surface area (Å²) in [5, 5.41) is 11.9. The number of rotatable bonds is 6. The molecule has 13 heavy (non-hydrogen) atoms. The summed E-state index contributed by atoms with van der Waals surface area (Å²) in [7, 11) is -0.719. The Bertz CT molecular complexity index is 208. The molecule has 0 aromatic rings. The highest BCUT2D eigenvalue weighted by Gasteiger charge is 2.15. The Morgan fingerprint density at radius 2 is 2.08 bits per heavy atom. The molecule has 0 bridgehead atoms. The average Bonchev–Trinajstić information content (AvgIpc) is 2.03. The summed E-state index contributed by atoms with van der Waals surface area (Å²) in [6.07, 6.45) is 2.53. The van der Waals surface area contributed by atoms with Gasteiger partial charge in [0, 0.05) is 29.4 Å². The molecule has 0 aliphatic carbocycles. The van der Waals surface area contributed by atoms with Crippen LogP contribution < -0.4 is 5.32 Å². The van der Waals surface area contributed by atoms with Crippen molar-refractivity contribution in [1.82, 2.24) is 5.32 Å². The predicted octanol–water partition coefficient (Wildman–Crippen LogP) is 0.894. The van der Waals surface area contributed by atoms with E-state index in [4.69, 9.17) is 5.26 Å². The van der Waals surface area contributed by atoms with E-state index in [2.05, 4.69) is 11.4 Å². The summed E-state index contributed by atoms with van der Waals surface area (Å²) in [6, 6.07) is 2.24. The first-order valence-corrected chi connectivity index (χ1v) is 6.13. The average molecular weight is 202 g/mol. The van der Waals surface area contributed by atoms with Gasteiger partial charge >= 0.3 is 0 Å². The van der Waals surface area contributed by atoms with Crippen molar-refractivity contribution in [2.75, 3.05) is 25.1 Å². The number of nitrogens with one attached hydrogen (secondary N) is 1. The van der Waals surface area contributed by atoms with Crippen LogP contribution in [0.15, 0.2) is 0 Å². The van der Waals surface area contributed by atoms with Crippen LogP contribution in [0.4, 0.5) is 0 Å². The normalized spacial score (nSPS) is 13.7. The van der Waals surface area contributed by atoms with Crippen LogP contribution in [0.2, 0.25) is 0 Å². The maximum absolute atomic E-state index is 10.7. The van der Waals surface area contributed by atoms with Crippen molar-refractivity contribution in [3.8, 4) is 6.07 Å². The molecule has 0 rings (SSSR count). The van der Waals surface area contributed by atoms with E-state index in [0.717, 1.165) is 19.5 Å². The fourth-order valence-electron chi connectivity index (χ4n) is 0.798. The van der Waals surface area contributed by atoms with Gasteiger partial charge in [-0.15, -0.1) is 0 Å². The van der Waals surface area contributed by atoms with Crippen molar-refractivity contribution in [1.29, 1.82) is 5.26 Å². The van der Waals surface area contributed by atoms with Gasteiger partial charge in [0.2, 0.25) is 0 Å². The Kier molecular flexibility index (Phi) is 5.93. The van der Waals surface area contributed by atoms with Crippen LogP contribution in [-0.2, 0) is 10.8 Å². The SMILES string of the molecule is CS(=O)CCNCCC(C)(C)C#N. The van der Waals surface area contributed by atoms with Gasteiger partial charge in [-0.05, 0) is 26.8 Å². The highest BCUT2D eigenvalue weighted by molar-refractivity contribution is 7.84. The maximum atomic E-state index is 10.7. The zero-order valence-electron chi connectivity index (χ0n) is 8.59. The third-order valence-electron chi connectivity index (χ3n) is 1.80. The van der Waals surface area contributed by atoms with E-state index in [1.54, 1.807) is 6.26 Å². The van der Waals surface area contributed by atoms with Crippen LogP contribution in [0.1, 0.15) is 20.3 Å². The van der Waals surface area contributed by atoms with Crippen molar-refractivity contribution in [3.05, 3.63) is 0 Å². The van der Waals surface area contributed by atoms with Crippen molar-refractivity contribution in [2.24, 2.45) is 5.41 Å². The molecule has 0 aromatic carbocycles. The second kappa shape index (κ2) is 6.11. The first-order chi connectivity index (χ1) is 5.98. The molecule has 0 radical (unpaired) electrons. The van der Waals surface area contributed by atoms with Crippen LogP contribution in [0.5, 0.6) is 0 Å². The molecular weight excluding hydrogens is 184 g/mol. The lowest BCUT2D eigenvalue weighted by atomic mass is 9.92. The number of nitriles is 1. The van der Waals surface area contributed by atoms with Crippen molar-refractivity contribution >= 4 is 10.8 Å². The van der Waals surface area contributed by atoms with E-state index in [1.165, 1.54) is 0 Å². The summed E-state index contributed by atoms with van der Waals surface area (Å²) in [5.41, 5.74) is -0.252. The third kappa shape index (κ3) is 7.94. The Morgan fingerprint density at radius 3 is 2.54 bits per heavy atom. The lowest BCUT2D eigenvalue weighted by Crippen LogP contribution is -2.25. The largest absolute Gasteiger partial charge is 0.316 e. The van der Waals surface area contributed by atoms with Gasteiger partial charge in [0.25, 0.3) is 0 Å². The minimum absolute atomic E-state index is 0.252. The summed E-state index contributed by atoms with van der Waals surface area (Å²) in [6.45, 7) is 5.43. The Balaban J connectivity index is 3.37. The van der Waals surface area contributed by atoms with Crippen molar-refractivity contribution < 1.29 is 4.21 Å². The quantitative estimate of drug-likeness (QED) is 0.651. The monoisotopic (exact) mass is 202 g/mol. The number of nitrogens with zero attached hydrogens (tertiary/aromatic N) is 1. The zero-order valence-corrected chi connectivity index (χ0v) is 9.41. The van der Waals surface area contributed by atoms with E-state index in [-0.39, 0.29) is 5.41 Å².